The van der Waals surface area contributed by atoms with E-state index in [1.165, 1.54) is 6.07 Å². The Labute approximate surface area is 154 Å². The van der Waals surface area contributed by atoms with E-state index < -0.39 is 17.5 Å². The summed E-state index contributed by atoms with van der Waals surface area (Å²) in [4.78, 5) is 23.9. The molecule has 2 saturated heterocycles. The Hall–Kier alpha value is -2.64. The standard InChI is InChI=1S/C19H19F3N4O/c20-14-8-16(22)17(24-9-14)19(27)26-10-12-3-6-25(7-4-13(12)11-26)18-15(21)2-1-5-23-18/h1-2,5,8-9,12-13H,3-4,6-7,10-11H2/t12-,13+. The Morgan fingerprint density at radius 1 is 1.04 bits per heavy atom. The fraction of sp³-hybridized carbons (Fsp3) is 0.421. The quantitative estimate of drug-likeness (QED) is 0.809. The lowest BCUT2D eigenvalue weighted by Crippen LogP contribution is -2.32. The van der Waals surface area contributed by atoms with Crippen LogP contribution in [0.3, 0.4) is 0 Å². The summed E-state index contributed by atoms with van der Waals surface area (Å²) in [6.45, 7) is 2.31. The maximum atomic E-state index is 14.0. The molecule has 2 fully saturated rings. The molecule has 0 N–H and O–H groups in total. The first-order valence-electron chi connectivity index (χ1n) is 8.98. The lowest BCUT2D eigenvalue weighted by Gasteiger charge is -2.23. The molecule has 0 saturated carbocycles. The predicted octanol–water partition coefficient (Wildman–Crippen LogP) is 2.88. The second-order valence-corrected chi connectivity index (χ2v) is 7.09. The zero-order valence-electron chi connectivity index (χ0n) is 14.6. The van der Waals surface area contributed by atoms with Crippen molar-refractivity contribution in [2.75, 3.05) is 31.1 Å². The molecule has 0 aromatic carbocycles. The van der Waals surface area contributed by atoms with Crippen LogP contribution >= 0.6 is 0 Å². The fourth-order valence-corrected chi connectivity index (χ4v) is 4.06. The van der Waals surface area contributed by atoms with E-state index in [-0.39, 0.29) is 23.3 Å². The first-order chi connectivity index (χ1) is 13.0. The second kappa shape index (κ2) is 7.17. The van der Waals surface area contributed by atoms with E-state index in [4.69, 9.17) is 0 Å². The first kappa shape index (κ1) is 17.8. The van der Waals surface area contributed by atoms with E-state index in [2.05, 4.69) is 9.97 Å². The van der Waals surface area contributed by atoms with E-state index in [1.54, 1.807) is 17.2 Å². The van der Waals surface area contributed by atoms with Gasteiger partial charge in [-0.2, -0.15) is 0 Å². The summed E-state index contributed by atoms with van der Waals surface area (Å²) < 4.78 is 40.9. The van der Waals surface area contributed by atoms with E-state index in [0.29, 0.717) is 38.1 Å². The summed E-state index contributed by atoms with van der Waals surface area (Å²) in [6, 6.07) is 3.64. The highest BCUT2D eigenvalue weighted by molar-refractivity contribution is 5.92. The highest BCUT2D eigenvalue weighted by Crippen LogP contribution is 2.34. The highest BCUT2D eigenvalue weighted by Gasteiger charge is 2.38. The second-order valence-electron chi connectivity index (χ2n) is 7.09. The molecule has 4 rings (SSSR count). The summed E-state index contributed by atoms with van der Waals surface area (Å²) in [5, 5.41) is 0. The van der Waals surface area contributed by atoms with Gasteiger partial charge < -0.3 is 9.80 Å². The summed E-state index contributed by atoms with van der Waals surface area (Å²) in [6.07, 6.45) is 4.02. The average Bonchev–Trinajstić information content (AvgIpc) is 2.96. The molecule has 1 amide bonds. The van der Waals surface area contributed by atoms with E-state index in [1.807, 2.05) is 4.90 Å². The van der Waals surface area contributed by atoms with Gasteiger partial charge in [0.15, 0.2) is 23.1 Å². The Bertz CT molecular complexity index is 847. The largest absolute Gasteiger partial charge is 0.354 e. The van der Waals surface area contributed by atoms with Crippen LogP contribution in [0.2, 0.25) is 0 Å². The highest BCUT2D eigenvalue weighted by atomic mass is 19.1. The zero-order chi connectivity index (χ0) is 19.0. The molecule has 0 bridgehead atoms. The smallest absolute Gasteiger partial charge is 0.275 e. The van der Waals surface area contributed by atoms with Crippen molar-refractivity contribution in [3.63, 3.8) is 0 Å². The third-order valence-corrected chi connectivity index (χ3v) is 5.45. The third-order valence-electron chi connectivity index (χ3n) is 5.45. The number of hydrogen-bond donors (Lipinski definition) is 0. The molecule has 2 aliphatic heterocycles. The van der Waals surface area contributed by atoms with Gasteiger partial charge in [0.25, 0.3) is 5.91 Å². The number of halogens is 3. The maximum absolute atomic E-state index is 14.0. The number of likely N-dealkylation sites (tertiary alicyclic amines) is 1. The van der Waals surface area contributed by atoms with Crippen LogP contribution in [-0.2, 0) is 0 Å². The molecule has 2 aliphatic rings. The number of amides is 1. The van der Waals surface area contributed by atoms with Gasteiger partial charge >= 0.3 is 0 Å². The van der Waals surface area contributed by atoms with Gasteiger partial charge in [0.1, 0.15) is 5.82 Å². The van der Waals surface area contributed by atoms with Crippen LogP contribution < -0.4 is 4.90 Å². The minimum Gasteiger partial charge on any atom is -0.354 e. The van der Waals surface area contributed by atoms with Crippen molar-refractivity contribution in [1.29, 1.82) is 0 Å². The lowest BCUT2D eigenvalue weighted by molar-refractivity contribution is 0.0771. The number of fused-ring (bicyclic) bond motifs is 1. The zero-order valence-corrected chi connectivity index (χ0v) is 14.6. The first-order valence-corrected chi connectivity index (χ1v) is 8.98. The SMILES string of the molecule is O=C(c1ncc(F)cc1F)N1C[C@H]2CCN(c3ncccc3F)CC[C@H]2C1. The summed E-state index contributed by atoms with van der Waals surface area (Å²) in [5.74, 6) is -1.71. The molecule has 5 nitrogen and oxygen atoms in total. The summed E-state index contributed by atoms with van der Waals surface area (Å²) in [5.41, 5.74) is -0.343. The van der Waals surface area contributed by atoms with Gasteiger partial charge in [-0.3, -0.25) is 4.79 Å². The Balaban J connectivity index is 1.44. The van der Waals surface area contributed by atoms with E-state index >= 15 is 0 Å². The third kappa shape index (κ3) is 3.48. The number of rotatable bonds is 2. The Morgan fingerprint density at radius 3 is 2.37 bits per heavy atom. The van der Waals surface area contributed by atoms with Crippen LogP contribution in [0, 0.1) is 29.3 Å². The van der Waals surface area contributed by atoms with Gasteiger partial charge in [-0.25, -0.2) is 23.1 Å². The summed E-state index contributed by atoms with van der Waals surface area (Å²) >= 11 is 0. The van der Waals surface area contributed by atoms with Gasteiger partial charge in [0.05, 0.1) is 6.20 Å². The predicted molar refractivity (Wildman–Crippen MR) is 92.7 cm³/mol. The Kier molecular flexibility index (Phi) is 4.72. The molecular formula is C19H19F3N4O. The topological polar surface area (TPSA) is 49.3 Å². The van der Waals surface area contributed by atoms with Crippen LogP contribution in [0.4, 0.5) is 19.0 Å². The van der Waals surface area contributed by atoms with Crippen molar-refractivity contribution >= 4 is 11.7 Å². The van der Waals surface area contributed by atoms with Crippen LogP contribution in [-0.4, -0.2) is 47.0 Å². The van der Waals surface area contributed by atoms with Crippen LogP contribution in [0.1, 0.15) is 23.3 Å². The molecule has 0 aliphatic carbocycles. The number of pyridine rings is 2. The number of carbonyl (C=O) groups is 1. The normalized spacial score (nSPS) is 22.5. The molecule has 2 aromatic heterocycles. The average molecular weight is 376 g/mol. The minimum absolute atomic E-state index is 0.259. The molecule has 8 heteroatoms. The van der Waals surface area contributed by atoms with Crippen molar-refractivity contribution in [2.24, 2.45) is 11.8 Å². The summed E-state index contributed by atoms with van der Waals surface area (Å²) in [7, 11) is 0. The van der Waals surface area contributed by atoms with Crippen LogP contribution in [0.25, 0.3) is 0 Å². The van der Waals surface area contributed by atoms with Crippen molar-refractivity contribution < 1.29 is 18.0 Å². The number of aromatic nitrogens is 2. The lowest BCUT2D eigenvalue weighted by atomic mass is 9.92. The Morgan fingerprint density at radius 2 is 1.74 bits per heavy atom. The van der Waals surface area contributed by atoms with Crippen LogP contribution in [0.5, 0.6) is 0 Å². The van der Waals surface area contributed by atoms with Gasteiger partial charge in [0, 0.05) is 38.4 Å². The number of carbonyl (C=O) groups excluding carboxylic acids is 1. The molecule has 142 valence electrons. The van der Waals surface area contributed by atoms with Gasteiger partial charge in [-0.05, 0) is 36.8 Å². The maximum Gasteiger partial charge on any atom is 0.275 e. The molecule has 2 atom stereocenters. The van der Waals surface area contributed by atoms with Crippen LogP contribution in [0.15, 0.2) is 30.6 Å². The fourth-order valence-electron chi connectivity index (χ4n) is 4.06. The van der Waals surface area contributed by atoms with Crippen molar-refractivity contribution in [3.05, 3.63) is 53.7 Å². The van der Waals surface area contributed by atoms with Gasteiger partial charge in [0.2, 0.25) is 0 Å². The monoisotopic (exact) mass is 376 g/mol. The molecule has 2 aromatic rings. The van der Waals surface area contributed by atoms with E-state index in [0.717, 1.165) is 19.0 Å². The van der Waals surface area contributed by atoms with Crippen molar-refractivity contribution in [2.45, 2.75) is 12.8 Å². The van der Waals surface area contributed by atoms with Gasteiger partial charge in [-0.1, -0.05) is 0 Å². The van der Waals surface area contributed by atoms with E-state index in [9.17, 15) is 18.0 Å². The van der Waals surface area contributed by atoms with Crippen molar-refractivity contribution in [1.82, 2.24) is 14.9 Å². The number of anilines is 1. The molecule has 0 spiro atoms. The minimum atomic E-state index is -0.941. The van der Waals surface area contributed by atoms with Crippen molar-refractivity contribution in [3.8, 4) is 0 Å². The number of nitrogens with zero attached hydrogens (tertiary/aromatic N) is 4. The molecule has 0 radical (unpaired) electrons. The molecule has 27 heavy (non-hydrogen) atoms. The molecular weight excluding hydrogens is 357 g/mol. The number of hydrogen-bond acceptors (Lipinski definition) is 4. The molecule has 4 heterocycles. The van der Waals surface area contributed by atoms with Gasteiger partial charge in [-0.15, -0.1) is 0 Å². The molecule has 0 unspecified atom stereocenters.